The molecule has 3 aromatic carbocycles. The van der Waals surface area contributed by atoms with Crippen LogP contribution in [-0.2, 0) is 26.2 Å². The maximum absolute atomic E-state index is 14.0. The van der Waals surface area contributed by atoms with E-state index < -0.39 is 28.5 Å². The van der Waals surface area contributed by atoms with E-state index in [0.29, 0.717) is 27.8 Å². The molecule has 2 amide bonds. The maximum Gasteiger partial charge on any atom is 0.264 e. The van der Waals surface area contributed by atoms with Crippen LogP contribution < -0.4 is 9.62 Å². The lowest BCUT2D eigenvalue weighted by atomic mass is 10.1. The van der Waals surface area contributed by atoms with Crippen LogP contribution in [0.15, 0.2) is 71.6 Å². The van der Waals surface area contributed by atoms with Gasteiger partial charge >= 0.3 is 0 Å². The monoisotopic (exact) mass is 589 g/mol. The van der Waals surface area contributed by atoms with Crippen LogP contribution in [0.2, 0.25) is 10.0 Å². The minimum absolute atomic E-state index is 0.0302. The summed E-state index contributed by atoms with van der Waals surface area (Å²) >= 11 is 12.3. The lowest BCUT2D eigenvalue weighted by Crippen LogP contribution is -2.51. The molecule has 0 aliphatic carbocycles. The Bertz CT molecular complexity index is 1430. The molecule has 0 radical (unpaired) electrons. The molecule has 0 aliphatic rings. The summed E-state index contributed by atoms with van der Waals surface area (Å²) in [5.74, 6) is -0.880. The number of aryl methyl sites for hydroxylation is 1. The van der Waals surface area contributed by atoms with E-state index in [-0.39, 0.29) is 17.3 Å². The van der Waals surface area contributed by atoms with Gasteiger partial charge in [0.25, 0.3) is 10.0 Å². The molecule has 1 atom stereocenters. The van der Waals surface area contributed by atoms with Gasteiger partial charge in [0.2, 0.25) is 11.8 Å². The van der Waals surface area contributed by atoms with Gasteiger partial charge < -0.3 is 10.2 Å². The molecule has 0 fully saturated rings. The molecule has 7 nitrogen and oxygen atoms in total. The van der Waals surface area contributed by atoms with E-state index >= 15 is 0 Å². The number of amides is 2. The first kappa shape index (κ1) is 30.5. The molecule has 0 spiro atoms. The van der Waals surface area contributed by atoms with E-state index in [2.05, 4.69) is 5.32 Å². The summed E-state index contributed by atoms with van der Waals surface area (Å²) in [6.45, 7) is 7.22. The highest BCUT2D eigenvalue weighted by Crippen LogP contribution is 2.29. The summed E-state index contributed by atoms with van der Waals surface area (Å²) in [7, 11) is -4.12. The number of hydrogen-bond acceptors (Lipinski definition) is 4. The third-order valence-corrected chi connectivity index (χ3v) is 9.02. The average Bonchev–Trinajstić information content (AvgIpc) is 2.92. The molecule has 3 rings (SSSR count). The van der Waals surface area contributed by atoms with Crippen LogP contribution in [0.5, 0.6) is 0 Å². The van der Waals surface area contributed by atoms with Crippen molar-refractivity contribution < 1.29 is 18.0 Å². The van der Waals surface area contributed by atoms with Crippen LogP contribution in [0.25, 0.3) is 0 Å². The molecule has 0 saturated heterocycles. The number of hydrogen-bond donors (Lipinski definition) is 1. The Morgan fingerprint density at radius 2 is 1.64 bits per heavy atom. The van der Waals surface area contributed by atoms with Gasteiger partial charge in [-0.3, -0.25) is 13.9 Å². The van der Waals surface area contributed by atoms with Gasteiger partial charge in [-0.05, 0) is 74.2 Å². The second kappa shape index (κ2) is 13.3. The number of sulfonamides is 1. The van der Waals surface area contributed by atoms with Crippen LogP contribution in [0.3, 0.4) is 0 Å². The van der Waals surface area contributed by atoms with E-state index in [1.165, 1.54) is 17.0 Å². The SMILES string of the molecule is CCCNC(=O)[C@H](C)N(Cc1ccc(Cl)c(Cl)c1)C(=O)CN(c1cccc(C)c1C)S(=O)(=O)c1ccccc1. The zero-order valence-corrected chi connectivity index (χ0v) is 24.8. The van der Waals surface area contributed by atoms with Crippen LogP contribution in [0.4, 0.5) is 5.69 Å². The van der Waals surface area contributed by atoms with Gasteiger partial charge in [-0.2, -0.15) is 0 Å². The molecule has 0 aromatic heterocycles. The van der Waals surface area contributed by atoms with E-state index in [9.17, 15) is 18.0 Å². The quantitative estimate of drug-likeness (QED) is 0.308. The minimum atomic E-state index is -4.12. The number of halogens is 2. The number of benzene rings is 3. The van der Waals surface area contributed by atoms with E-state index in [4.69, 9.17) is 23.2 Å². The summed E-state index contributed by atoms with van der Waals surface area (Å²) in [6, 6.07) is 17.4. The Kier molecular flexibility index (Phi) is 10.4. The molecule has 0 aliphatic heterocycles. The van der Waals surface area contributed by atoms with Crippen molar-refractivity contribution in [1.82, 2.24) is 10.2 Å². The average molecular weight is 591 g/mol. The number of rotatable bonds is 11. The molecule has 208 valence electrons. The summed E-state index contributed by atoms with van der Waals surface area (Å²) in [5, 5.41) is 3.50. The van der Waals surface area contributed by atoms with Crippen molar-refractivity contribution in [2.24, 2.45) is 0 Å². The van der Waals surface area contributed by atoms with Crippen molar-refractivity contribution in [3.8, 4) is 0 Å². The van der Waals surface area contributed by atoms with Gasteiger partial charge in [0.1, 0.15) is 12.6 Å². The lowest BCUT2D eigenvalue weighted by Gasteiger charge is -2.32. The second-order valence-electron chi connectivity index (χ2n) is 9.28. The fourth-order valence-corrected chi connectivity index (χ4v) is 5.87. The van der Waals surface area contributed by atoms with Crippen molar-refractivity contribution >= 4 is 50.7 Å². The smallest absolute Gasteiger partial charge is 0.264 e. The summed E-state index contributed by atoms with van der Waals surface area (Å²) < 4.78 is 28.9. The van der Waals surface area contributed by atoms with Crippen molar-refractivity contribution in [1.29, 1.82) is 0 Å². The molecule has 0 unspecified atom stereocenters. The maximum atomic E-state index is 14.0. The van der Waals surface area contributed by atoms with Crippen molar-refractivity contribution in [3.63, 3.8) is 0 Å². The normalized spacial score (nSPS) is 12.1. The van der Waals surface area contributed by atoms with Crippen LogP contribution >= 0.6 is 23.2 Å². The molecule has 10 heteroatoms. The standard InChI is InChI=1S/C29H33Cl2N3O4S/c1-5-16-32-29(36)22(4)33(18-23-14-15-25(30)26(31)17-23)28(35)19-34(27-13-9-10-20(2)21(27)3)39(37,38)24-11-7-6-8-12-24/h6-15,17,22H,5,16,18-19H2,1-4H3,(H,32,36)/t22-/m0/s1. The minimum Gasteiger partial charge on any atom is -0.354 e. The Balaban J connectivity index is 2.06. The molecular weight excluding hydrogens is 557 g/mol. The Morgan fingerprint density at radius 1 is 0.949 bits per heavy atom. The number of nitrogens with one attached hydrogen (secondary N) is 1. The van der Waals surface area contributed by atoms with E-state index in [1.54, 1.807) is 55.5 Å². The molecular formula is C29H33Cl2N3O4S. The fraction of sp³-hybridized carbons (Fsp3) is 0.310. The van der Waals surface area contributed by atoms with Crippen LogP contribution in [-0.4, -0.2) is 44.3 Å². The van der Waals surface area contributed by atoms with E-state index in [1.807, 2.05) is 26.8 Å². The zero-order valence-electron chi connectivity index (χ0n) is 22.4. The highest BCUT2D eigenvalue weighted by Gasteiger charge is 2.33. The highest BCUT2D eigenvalue weighted by molar-refractivity contribution is 7.92. The molecule has 0 bridgehead atoms. The van der Waals surface area contributed by atoms with Crippen LogP contribution in [0.1, 0.15) is 37.0 Å². The van der Waals surface area contributed by atoms with Gasteiger partial charge in [0, 0.05) is 13.1 Å². The largest absolute Gasteiger partial charge is 0.354 e. The number of carbonyl (C=O) groups excluding carboxylic acids is 2. The molecule has 0 saturated carbocycles. The van der Waals surface area contributed by atoms with Crippen molar-refractivity contribution in [2.45, 2.75) is 51.6 Å². The third-order valence-electron chi connectivity index (χ3n) is 6.51. The molecule has 1 N–H and O–H groups in total. The van der Waals surface area contributed by atoms with Gasteiger partial charge in [-0.25, -0.2) is 8.42 Å². The van der Waals surface area contributed by atoms with Gasteiger partial charge in [-0.15, -0.1) is 0 Å². The Morgan fingerprint density at radius 3 is 2.28 bits per heavy atom. The first-order valence-electron chi connectivity index (χ1n) is 12.6. The topological polar surface area (TPSA) is 86.8 Å². The summed E-state index contributed by atoms with van der Waals surface area (Å²) in [4.78, 5) is 28.3. The molecule has 3 aromatic rings. The first-order valence-corrected chi connectivity index (χ1v) is 14.8. The summed E-state index contributed by atoms with van der Waals surface area (Å²) in [5.41, 5.74) is 2.66. The highest BCUT2D eigenvalue weighted by atomic mass is 35.5. The Labute approximate surface area is 240 Å². The second-order valence-corrected chi connectivity index (χ2v) is 12.0. The molecule has 39 heavy (non-hydrogen) atoms. The lowest BCUT2D eigenvalue weighted by molar-refractivity contribution is -0.139. The molecule has 0 heterocycles. The van der Waals surface area contributed by atoms with Gasteiger partial charge in [0.15, 0.2) is 0 Å². The van der Waals surface area contributed by atoms with E-state index in [0.717, 1.165) is 21.9 Å². The van der Waals surface area contributed by atoms with Gasteiger partial charge in [0.05, 0.1) is 20.6 Å². The Hall–Kier alpha value is -3.07. The summed E-state index contributed by atoms with van der Waals surface area (Å²) in [6.07, 6.45) is 0.731. The predicted molar refractivity (Wildman–Crippen MR) is 157 cm³/mol. The number of carbonyl (C=O) groups is 2. The third kappa shape index (κ3) is 7.32. The first-order chi connectivity index (χ1) is 18.5. The zero-order chi connectivity index (χ0) is 28.7. The number of nitrogens with zero attached hydrogens (tertiary/aromatic N) is 2. The van der Waals surface area contributed by atoms with Crippen molar-refractivity contribution in [3.05, 3.63) is 93.5 Å². The predicted octanol–water partition coefficient (Wildman–Crippen LogP) is 5.75. The number of anilines is 1. The van der Waals surface area contributed by atoms with Gasteiger partial charge in [-0.1, -0.05) is 66.5 Å². The fourth-order valence-electron chi connectivity index (χ4n) is 4.05. The van der Waals surface area contributed by atoms with Crippen LogP contribution in [0, 0.1) is 13.8 Å². The van der Waals surface area contributed by atoms with Crippen molar-refractivity contribution in [2.75, 3.05) is 17.4 Å².